The van der Waals surface area contributed by atoms with E-state index in [0.717, 1.165) is 0 Å². The highest BCUT2D eigenvalue weighted by Gasteiger charge is 2.23. The van der Waals surface area contributed by atoms with Gasteiger partial charge in [-0.25, -0.2) is 0 Å². The van der Waals surface area contributed by atoms with E-state index in [4.69, 9.17) is 52.1 Å². The number of aromatic hydroxyl groups is 4. The van der Waals surface area contributed by atoms with Gasteiger partial charge in [0.1, 0.15) is 114 Å². The molecule has 4 N–H and O–H groups in total. The predicted octanol–water partition coefficient (Wildman–Crippen LogP) is 13.3. The number of phenols is 4. The average molecular weight is 1210 g/mol. The largest absolute Gasteiger partial charge is 0.507 e. The molecule has 19 heteroatoms. The molecule has 0 heterocycles. The molecule has 89 heavy (non-hydrogen) atoms. The Morgan fingerprint density at radius 3 is 0.831 bits per heavy atom. The van der Waals surface area contributed by atoms with Crippen LogP contribution in [0.2, 0.25) is 0 Å². The fourth-order valence-corrected chi connectivity index (χ4v) is 9.59. The third kappa shape index (κ3) is 14.2. The van der Waals surface area contributed by atoms with Crippen molar-refractivity contribution in [3.8, 4) is 114 Å². The van der Waals surface area contributed by atoms with Crippen molar-refractivity contribution in [3.05, 3.63) is 190 Å². The first kappa shape index (κ1) is 63.4. The normalized spacial score (nSPS) is 11.2. The van der Waals surface area contributed by atoms with Gasteiger partial charge in [-0.15, -0.1) is 0 Å². The summed E-state index contributed by atoms with van der Waals surface area (Å²) >= 11 is 0. The molecule has 8 aromatic carbocycles. The Bertz CT molecular complexity index is 3890. The van der Waals surface area contributed by atoms with E-state index in [1.165, 1.54) is 144 Å². The van der Waals surface area contributed by atoms with Crippen LogP contribution in [-0.4, -0.2) is 115 Å². The van der Waals surface area contributed by atoms with E-state index in [1.54, 1.807) is 97.1 Å². The summed E-state index contributed by atoms with van der Waals surface area (Å²) in [6.45, 7) is 0. The lowest BCUT2D eigenvalue weighted by Crippen LogP contribution is -2.01. The van der Waals surface area contributed by atoms with E-state index in [0.29, 0.717) is 56.0 Å². The van der Waals surface area contributed by atoms with Gasteiger partial charge >= 0.3 is 0 Å². The number of hydrogen-bond acceptors (Lipinski definition) is 19. The van der Waals surface area contributed by atoms with Gasteiger partial charge in [0.25, 0.3) is 0 Å². The molecule has 0 aromatic heterocycles. The summed E-state index contributed by atoms with van der Waals surface area (Å²) in [5.74, 6) is -1.02. The fraction of sp³-hybridized carbons (Fsp3) is 0.143. The predicted molar refractivity (Wildman–Crippen MR) is 335 cm³/mol. The molecule has 0 unspecified atom stereocenters. The van der Waals surface area contributed by atoms with Gasteiger partial charge in [-0.05, 0) is 106 Å². The monoisotopic (exact) mass is 1210 g/mol. The zero-order chi connectivity index (χ0) is 64.1. The number of carbonyl (C=O) groups is 4. The molecule has 0 radical (unpaired) electrons. The maximum Gasteiger partial charge on any atom is 0.193 e. The summed E-state index contributed by atoms with van der Waals surface area (Å²) in [5, 5.41) is 43.6. The lowest BCUT2D eigenvalue weighted by Gasteiger charge is -2.17. The Balaban J connectivity index is 1.25. The van der Waals surface area contributed by atoms with Crippen LogP contribution in [0.15, 0.2) is 146 Å². The molecule has 0 spiro atoms. The van der Waals surface area contributed by atoms with Crippen molar-refractivity contribution in [2.45, 2.75) is 0 Å². The quantitative estimate of drug-likeness (QED) is 0.0290. The second-order valence-electron chi connectivity index (χ2n) is 19.2. The van der Waals surface area contributed by atoms with Gasteiger partial charge in [0.15, 0.2) is 23.1 Å². The van der Waals surface area contributed by atoms with E-state index < -0.39 is 23.1 Å². The van der Waals surface area contributed by atoms with Crippen molar-refractivity contribution >= 4 is 47.4 Å². The van der Waals surface area contributed by atoms with Crippen LogP contribution >= 0.6 is 0 Å². The first-order chi connectivity index (χ1) is 42.9. The van der Waals surface area contributed by atoms with Crippen molar-refractivity contribution < 1.29 is 91.7 Å². The van der Waals surface area contributed by atoms with Gasteiger partial charge in [-0.2, -0.15) is 0 Å². The third-order valence-electron chi connectivity index (χ3n) is 14.0. The van der Waals surface area contributed by atoms with Crippen LogP contribution in [0.5, 0.6) is 92.0 Å². The highest BCUT2D eigenvalue weighted by Crippen LogP contribution is 2.43. The van der Waals surface area contributed by atoms with Crippen LogP contribution < -0.4 is 52.1 Å². The average Bonchev–Trinajstić information content (AvgIpc) is 3.14. The number of carbonyl (C=O) groups excluding carboxylic acids is 4. The van der Waals surface area contributed by atoms with Crippen LogP contribution in [0.25, 0.3) is 46.6 Å². The van der Waals surface area contributed by atoms with E-state index in [-0.39, 0.29) is 103 Å². The molecular weight excluding hydrogens is 1140 g/mol. The molecule has 0 saturated heterocycles. The summed E-state index contributed by atoms with van der Waals surface area (Å²) in [4.78, 5) is 55.4. The number of benzene rings is 8. The molecule has 0 aliphatic rings. The van der Waals surface area contributed by atoms with Crippen LogP contribution in [0.3, 0.4) is 0 Å². The van der Waals surface area contributed by atoms with Crippen molar-refractivity contribution in [2.75, 3.05) is 71.1 Å². The van der Waals surface area contributed by atoms with Crippen LogP contribution in [0, 0.1) is 0 Å². The lowest BCUT2D eigenvalue weighted by molar-refractivity contribution is 0.103. The maximum atomic E-state index is 14.0. The van der Waals surface area contributed by atoms with Gasteiger partial charge in [0.05, 0.1) is 71.1 Å². The summed E-state index contributed by atoms with van der Waals surface area (Å²) < 4.78 is 61.3. The molecule has 8 aromatic rings. The molecule has 0 aliphatic carbocycles. The molecule has 0 bridgehead atoms. The lowest BCUT2D eigenvalue weighted by atomic mass is 9.95. The van der Waals surface area contributed by atoms with Gasteiger partial charge in [-0.3, -0.25) is 19.2 Å². The summed E-state index contributed by atoms with van der Waals surface area (Å²) in [5.41, 5.74) is 3.49. The Morgan fingerprint density at radius 2 is 0.562 bits per heavy atom. The summed E-state index contributed by atoms with van der Waals surface area (Å²) in [6, 6.07) is 31.6. The number of allylic oxidation sites excluding steroid dienone is 4. The minimum absolute atomic E-state index is 0.0730. The summed E-state index contributed by atoms with van der Waals surface area (Å²) in [6.07, 6.45) is 11.3. The van der Waals surface area contributed by atoms with E-state index in [1.807, 2.05) is 0 Å². The first-order valence-corrected chi connectivity index (χ1v) is 27.0. The highest BCUT2D eigenvalue weighted by molar-refractivity contribution is 6.13. The third-order valence-corrected chi connectivity index (χ3v) is 14.0. The zero-order valence-corrected chi connectivity index (χ0v) is 50.1. The second-order valence-corrected chi connectivity index (χ2v) is 19.2. The van der Waals surface area contributed by atoms with Crippen molar-refractivity contribution in [1.29, 1.82) is 0 Å². The fourth-order valence-electron chi connectivity index (χ4n) is 9.59. The van der Waals surface area contributed by atoms with Crippen LogP contribution in [0.4, 0.5) is 0 Å². The zero-order valence-electron chi connectivity index (χ0n) is 50.1. The number of ether oxygens (including phenoxy) is 11. The van der Waals surface area contributed by atoms with Crippen molar-refractivity contribution in [3.63, 3.8) is 0 Å². The Morgan fingerprint density at radius 1 is 0.281 bits per heavy atom. The Labute approximate surface area is 512 Å². The van der Waals surface area contributed by atoms with Crippen LogP contribution in [0.1, 0.15) is 63.7 Å². The molecule has 19 nitrogen and oxygen atoms in total. The number of ketones is 4. The molecule has 0 amide bonds. The number of rotatable bonds is 26. The number of hydrogen-bond donors (Lipinski definition) is 4. The van der Waals surface area contributed by atoms with Gasteiger partial charge < -0.3 is 72.5 Å². The Hall–Kier alpha value is -11.6. The van der Waals surface area contributed by atoms with Crippen molar-refractivity contribution in [2.24, 2.45) is 0 Å². The van der Waals surface area contributed by atoms with E-state index in [9.17, 15) is 39.6 Å². The molecule has 0 aliphatic heterocycles. The standard InChI is InChI=1S/C70H62O19/c1-79-45-31-57(75)67(63(35-45)85-7)53(71)21-11-39-13-25-61(83-5)51(27-39)49-29-43(19-15-41(49)17-23-55(73)69-59(77)33-47(81-3)37-65(69)87-9)89-44-20-16-42(18-24-56(74)70-60(78)34-48(82-4)38-66(70)88-10)50(30-44)52-28-40(14-26-62(52)84-6)12-22-54(72)68-58(76)32-46(80-2)36-64(68)86-8/h11-38,75-78H,1-10H3. The molecule has 8 rings (SSSR count). The minimum atomic E-state index is -0.602. The molecule has 0 atom stereocenters. The van der Waals surface area contributed by atoms with Gasteiger partial charge in [0, 0.05) is 59.7 Å². The van der Waals surface area contributed by atoms with E-state index in [2.05, 4.69) is 0 Å². The molecule has 0 saturated carbocycles. The summed E-state index contributed by atoms with van der Waals surface area (Å²) in [7, 11) is 14.1. The molecule has 456 valence electrons. The highest BCUT2D eigenvalue weighted by atomic mass is 16.5. The topological polar surface area (TPSA) is 251 Å². The Kier molecular flexibility index (Phi) is 20.3. The first-order valence-electron chi connectivity index (χ1n) is 27.0. The smallest absolute Gasteiger partial charge is 0.193 e. The molecular formula is C70H62O19. The second kappa shape index (κ2) is 28.5. The maximum absolute atomic E-state index is 14.0. The molecule has 0 fully saturated rings. The minimum Gasteiger partial charge on any atom is -0.507 e. The number of methoxy groups -OCH3 is 10. The van der Waals surface area contributed by atoms with Gasteiger partial charge in [0.2, 0.25) is 0 Å². The SMILES string of the molecule is COc1cc(O)c(C(=O)C=Cc2ccc(OC)c(-c3cc(Oc4ccc(C=CC(=O)c5c(O)cc(OC)cc5OC)c(-c5cc(C=CC(=O)c6c(O)cc(OC)cc6OC)ccc5OC)c4)ccc3C=CC(=O)c3c(O)cc(OC)cc3OC)c2)c(OC)c1. The van der Waals surface area contributed by atoms with Crippen LogP contribution in [-0.2, 0) is 0 Å². The van der Waals surface area contributed by atoms with E-state index >= 15 is 0 Å². The van der Waals surface area contributed by atoms with Gasteiger partial charge in [-0.1, -0.05) is 48.6 Å². The number of phenolic OH excluding ortho intramolecular Hbond substituents is 4. The van der Waals surface area contributed by atoms with Crippen molar-refractivity contribution in [1.82, 2.24) is 0 Å².